The van der Waals surface area contributed by atoms with Gasteiger partial charge in [-0.2, -0.15) is 0 Å². The van der Waals surface area contributed by atoms with E-state index in [0.717, 1.165) is 12.0 Å². The van der Waals surface area contributed by atoms with E-state index in [1.54, 1.807) is 6.07 Å². The fraction of sp³-hybridized carbons (Fsp3) is 0.294. The second-order valence-electron chi connectivity index (χ2n) is 5.50. The molecule has 2 nitrogen and oxygen atoms in total. The highest BCUT2D eigenvalue weighted by atomic mass is 35.5. The normalized spacial score (nSPS) is 12.5. The second-order valence-corrected chi connectivity index (χ2v) is 6.38. The standard InChI is InChI=1S/C17H20Cl2N2/c1-10-4-11(2)16(12(3)5-10)9-17(21-20)13-6-14(18)8-15(19)7-13/h4-8,17,21H,9,20H2,1-3H3. The summed E-state index contributed by atoms with van der Waals surface area (Å²) in [6.07, 6.45) is 0.797. The number of benzene rings is 2. The molecule has 0 saturated carbocycles. The van der Waals surface area contributed by atoms with Gasteiger partial charge >= 0.3 is 0 Å². The van der Waals surface area contributed by atoms with Crippen LogP contribution < -0.4 is 11.3 Å². The van der Waals surface area contributed by atoms with E-state index >= 15 is 0 Å². The monoisotopic (exact) mass is 322 g/mol. The Morgan fingerprint density at radius 1 is 0.952 bits per heavy atom. The van der Waals surface area contributed by atoms with Crippen molar-refractivity contribution in [3.05, 3.63) is 68.2 Å². The number of aryl methyl sites for hydroxylation is 3. The van der Waals surface area contributed by atoms with Gasteiger partial charge in [-0.1, -0.05) is 40.9 Å². The van der Waals surface area contributed by atoms with Crippen molar-refractivity contribution in [1.29, 1.82) is 0 Å². The van der Waals surface area contributed by atoms with E-state index in [0.29, 0.717) is 10.0 Å². The van der Waals surface area contributed by atoms with E-state index in [1.807, 2.05) is 12.1 Å². The van der Waals surface area contributed by atoms with Gasteiger partial charge < -0.3 is 0 Å². The van der Waals surface area contributed by atoms with Crippen LogP contribution in [0.3, 0.4) is 0 Å². The third kappa shape index (κ3) is 3.98. The SMILES string of the molecule is Cc1cc(C)c(CC(NN)c2cc(Cl)cc(Cl)c2)c(C)c1. The third-order valence-corrected chi connectivity index (χ3v) is 4.17. The van der Waals surface area contributed by atoms with Gasteiger partial charge in [0.05, 0.1) is 6.04 Å². The maximum absolute atomic E-state index is 6.08. The lowest BCUT2D eigenvalue weighted by Gasteiger charge is -2.20. The van der Waals surface area contributed by atoms with Crippen LogP contribution >= 0.6 is 23.2 Å². The Hall–Kier alpha value is -1.06. The molecule has 0 radical (unpaired) electrons. The average molecular weight is 323 g/mol. The first kappa shape index (κ1) is 16.3. The van der Waals surface area contributed by atoms with Crippen LogP contribution in [0.2, 0.25) is 10.0 Å². The van der Waals surface area contributed by atoms with E-state index in [-0.39, 0.29) is 6.04 Å². The summed E-state index contributed by atoms with van der Waals surface area (Å²) in [5, 5.41) is 1.24. The Morgan fingerprint density at radius 3 is 1.95 bits per heavy atom. The van der Waals surface area contributed by atoms with E-state index in [4.69, 9.17) is 29.0 Å². The quantitative estimate of drug-likeness (QED) is 0.634. The molecule has 112 valence electrons. The van der Waals surface area contributed by atoms with Crippen molar-refractivity contribution in [3.8, 4) is 0 Å². The zero-order chi connectivity index (χ0) is 15.6. The number of nitrogens with one attached hydrogen (secondary N) is 1. The van der Waals surface area contributed by atoms with Crippen molar-refractivity contribution in [3.63, 3.8) is 0 Å². The van der Waals surface area contributed by atoms with Crippen molar-refractivity contribution in [2.24, 2.45) is 5.84 Å². The van der Waals surface area contributed by atoms with Crippen molar-refractivity contribution < 1.29 is 0 Å². The van der Waals surface area contributed by atoms with Gasteiger partial charge in [-0.25, -0.2) is 0 Å². The molecule has 0 heterocycles. The number of hydrogen-bond acceptors (Lipinski definition) is 2. The van der Waals surface area contributed by atoms with Gasteiger partial charge in [-0.15, -0.1) is 0 Å². The Labute approximate surface area is 136 Å². The Bertz CT molecular complexity index is 610. The lowest BCUT2D eigenvalue weighted by molar-refractivity contribution is 0.549. The van der Waals surface area contributed by atoms with Crippen LogP contribution in [0.5, 0.6) is 0 Å². The predicted octanol–water partition coefficient (Wildman–Crippen LogP) is 4.67. The van der Waals surface area contributed by atoms with Crippen molar-refractivity contribution >= 4 is 23.2 Å². The van der Waals surface area contributed by atoms with E-state index in [9.17, 15) is 0 Å². The maximum atomic E-state index is 6.08. The molecule has 0 spiro atoms. The fourth-order valence-electron chi connectivity index (χ4n) is 2.79. The van der Waals surface area contributed by atoms with Crippen molar-refractivity contribution in [2.75, 3.05) is 0 Å². The maximum Gasteiger partial charge on any atom is 0.0501 e. The minimum Gasteiger partial charge on any atom is -0.271 e. The van der Waals surface area contributed by atoms with Crippen LogP contribution in [0.1, 0.15) is 33.9 Å². The highest BCUT2D eigenvalue weighted by Gasteiger charge is 2.15. The fourth-order valence-corrected chi connectivity index (χ4v) is 3.33. The summed E-state index contributed by atoms with van der Waals surface area (Å²) in [5.74, 6) is 5.75. The highest BCUT2D eigenvalue weighted by Crippen LogP contribution is 2.27. The van der Waals surface area contributed by atoms with Crippen LogP contribution in [0.25, 0.3) is 0 Å². The summed E-state index contributed by atoms with van der Waals surface area (Å²) in [4.78, 5) is 0. The topological polar surface area (TPSA) is 38.0 Å². The average Bonchev–Trinajstić information content (AvgIpc) is 2.36. The largest absolute Gasteiger partial charge is 0.271 e. The molecule has 0 saturated heterocycles. The smallest absolute Gasteiger partial charge is 0.0501 e. The van der Waals surface area contributed by atoms with Gasteiger partial charge in [0.2, 0.25) is 0 Å². The molecule has 21 heavy (non-hydrogen) atoms. The van der Waals surface area contributed by atoms with Gasteiger partial charge in [-0.3, -0.25) is 11.3 Å². The minimum atomic E-state index is -0.0266. The Kier molecular flexibility index (Phi) is 5.28. The first-order chi connectivity index (χ1) is 9.90. The van der Waals surface area contributed by atoms with Gasteiger partial charge in [0, 0.05) is 10.0 Å². The first-order valence-electron chi connectivity index (χ1n) is 6.89. The number of hydrogen-bond donors (Lipinski definition) is 2. The zero-order valence-corrected chi connectivity index (χ0v) is 14.0. The Morgan fingerprint density at radius 2 is 1.48 bits per heavy atom. The summed E-state index contributed by atoms with van der Waals surface area (Å²) in [5.41, 5.74) is 9.01. The number of hydrazine groups is 1. The zero-order valence-electron chi connectivity index (χ0n) is 12.5. The molecule has 0 fully saturated rings. The Balaban J connectivity index is 2.35. The van der Waals surface area contributed by atoms with E-state index in [1.165, 1.54) is 22.3 Å². The number of halogens is 2. The summed E-state index contributed by atoms with van der Waals surface area (Å²) in [6, 6.07) is 9.89. The van der Waals surface area contributed by atoms with Gasteiger partial charge in [0.15, 0.2) is 0 Å². The van der Waals surface area contributed by atoms with Crippen LogP contribution in [0.15, 0.2) is 30.3 Å². The molecular formula is C17H20Cl2N2. The summed E-state index contributed by atoms with van der Waals surface area (Å²) in [7, 11) is 0. The first-order valence-corrected chi connectivity index (χ1v) is 7.65. The molecule has 0 bridgehead atoms. The molecule has 0 aliphatic heterocycles. The molecule has 2 aromatic carbocycles. The van der Waals surface area contributed by atoms with Crippen LogP contribution in [-0.4, -0.2) is 0 Å². The molecule has 1 atom stereocenters. The minimum absolute atomic E-state index is 0.0266. The van der Waals surface area contributed by atoms with Gasteiger partial charge in [0.25, 0.3) is 0 Å². The lowest BCUT2D eigenvalue weighted by Crippen LogP contribution is -2.30. The van der Waals surface area contributed by atoms with Crippen LogP contribution in [-0.2, 0) is 6.42 Å². The third-order valence-electron chi connectivity index (χ3n) is 3.74. The molecule has 0 aliphatic carbocycles. The van der Waals surface area contributed by atoms with Crippen molar-refractivity contribution in [1.82, 2.24) is 5.43 Å². The second kappa shape index (κ2) is 6.80. The molecular weight excluding hydrogens is 303 g/mol. The van der Waals surface area contributed by atoms with E-state index < -0.39 is 0 Å². The molecule has 2 rings (SSSR count). The molecule has 1 unspecified atom stereocenters. The van der Waals surface area contributed by atoms with E-state index in [2.05, 4.69) is 38.3 Å². The molecule has 4 heteroatoms. The summed E-state index contributed by atoms with van der Waals surface area (Å²) >= 11 is 12.2. The molecule has 2 aromatic rings. The van der Waals surface area contributed by atoms with Gasteiger partial charge in [0.1, 0.15) is 0 Å². The lowest BCUT2D eigenvalue weighted by atomic mass is 9.92. The highest BCUT2D eigenvalue weighted by molar-refractivity contribution is 6.34. The number of nitrogens with two attached hydrogens (primary N) is 1. The van der Waals surface area contributed by atoms with Gasteiger partial charge in [-0.05, 0) is 67.6 Å². The van der Waals surface area contributed by atoms with Crippen LogP contribution in [0.4, 0.5) is 0 Å². The molecule has 0 aromatic heterocycles. The molecule has 0 amide bonds. The van der Waals surface area contributed by atoms with Crippen LogP contribution in [0, 0.1) is 20.8 Å². The molecule has 3 N–H and O–H groups in total. The summed E-state index contributed by atoms with van der Waals surface area (Å²) < 4.78 is 0. The predicted molar refractivity (Wildman–Crippen MR) is 90.9 cm³/mol. The molecule has 0 aliphatic rings. The summed E-state index contributed by atoms with van der Waals surface area (Å²) in [6.45, 7) is 6.38. The van der Waals surface area contributed by atoms with Crippen molar-refractivity contribution in [2.45, 2.75) is 33.2 Å². The number of rotatable bonds is 4.